The Morgan fingerprint density at radius 3 is 2.43 bits per heavy atom. The first-order valence-corrected chi connectivity index (χ1v) is 11.4. The number of carbonyl (C=O) groups is 1. The largest absolute Gasteiger partial charge is 0.496 e. The van der Waals surface area contributed by atoms with Crippen LogP contribution in [-0.4, -0.2) is 23.8 Å². The van der Waals surface area contributed by atoms with Gasteiger partial charge in [-0.25, -0.2) is 13.6 Å². The van der Waals surface area contributed by atoms with Gasteiger partial charge in [0, 0.05) is 17.5 Å². The Hall–Kier alpha value is -3.29. The standard InChI is InChI=1S/C28H29F2NO4/c1-27(2,23-13-21(30)9-11-24(23)34-3)16-28(33,14-17-4-7-20(29)8-5-17)25(31)18-6-10-22-19(12-18)15-35-26(22)32/h4-13,25,33H,14-16,31H2,1-3H3. The van der Waals surface area contributed by atoms with Gasteiger partial charge in [0.1, 0.15) is 24.0 Å². The molecule has 4 rings (SSSR count). The van der Waals surface area contributed by atoms with E-state index in [2.05, 4.69) is 0 Å². The highest BCUT2D eigenvalue weighted by atomic mass is 19.1. The van der Waals surface area contributed by atoms with E-state index in [0.29, 0.717) is 33.6 Å². The topological polar surface area (TPSA) is 81.8 Å². The average Bonchev–Trinajstić information content (AvgIpc) is 3.19. The Labute approximate surface area is 203 Å². The Balaban J connectivity index is 1.75. The molecule has 2 atom stereocenters. The van der Waals surface area contributed by atoms with Crippen molar-refractivity contribution in [3.05, 3.63) is 100 Å². The smallest absolute Gasteiger partial charge is 0.338 e. The monoisotopic (exact) mass is 481 g/mol. The number of rotatable bonds is 8. The second kappa shape index (κ2) is 9.40. The molecule has 3 N–H and O–H groups in total. The van der Waals surface area contributed by atoms with Gasteiger partial charge in [-0.3, -0.25) is 0 Å². The fraction of sp³-hybridized carbons (Fsp3) is 0.321. The van der Waals surface area contributed by atoms with Crippen molar-refractivity contribution < 1.29 is 28.2 Å². The van der Waals surface area contributed by atoms with Crippen LogP contribution in [0.1, 0.15) is 58.9 Å². The summed E-state index contributed by atoms with van der Waals surface area (Å²) in [6.07, 6.45) is 0.271. The highest BCUT2D eigenvalue weighted by molar-refractivity contribution is 5.93. The molecule has 1 aliphatic heterocycles. The van der Waals surface area contributed by atoms with Gasteiger partial charge >= 0.3 is 5.97 Å². The lowest BCUT2D eigenvalue weighted by molar-refractivity contribution is -0.0120. The summed E-state index contributed by atoms with van der Waals surface area (Å²) in [4.78, 5) is 11.9. The molecule has 0 saturated carbocycles. The van der Waals surface area contributed by atoms with Crippen molar-refractivity contribution in [2.24, 2.45) is 5.73 Å². The number of fused-ring (bicyclic) bond motifs is 1. The van der Waals surface area contributed by atoms with E-state index < -0.39 is 22.9 Å². The molecule has 0 radical (unpaired) electrons. The van der Waals surface area contributed by atoms with Gasteiger partial charge < -0.3 is 20.3 Å². The minimum absolute atomic E-state index is 0.127. The predicted molar refractivity (Wildman–Crippen MR) is 128 cm³/mol. The maximum Gasteiger partial charge on any atom is 0.338 e. The highest BCUT2D eigenvalue weighted by Gasteiger charge is 2.42. The first-order valence-electron chi connectivity index (χ1n) is 11.4. The SMILES string of the molecule is COc1ccc(F)cc1C(C)(C)CC(O)(Cc1ccc(F)cc1)C(N)c1ccc2c(c1)COC2=O. The maximum atomic E-state index is 14.2. The molecular formula is C28H29F2NO4. The average molecular weight is 482 g/mol. The Bertz CT molecular complexity index is 1240. The van der Waals surface area contributed by atoms with Crippen LogP contribution in [-0.2, 0) is 23.2 Å². The van der Waals surface area contributed by atoms with Crippen molar-refractivity contribution in [2.45, 2.75) is 50.4 Å². The quantitative estimate of drug-likeness (QED) is 0.443. The van der Waals surface area contributed by atoms with Crippen molar-refractivity contribution in [3.8, 4) is 5.75 Å². The van der Waals surface area contributed by atoms with Gasteiger partial charge in [0.25, 0.3) is 0 Å². The van der Waals surface area contributed by atoms with Crippen LogP contribution >= 0.6 is 0 Å². The molecule has 184 valence electrons. The molecule has 5 nitrogen and oxygen atoms in total. The lowest BCUT2D eigenvalue weighted by Gasteiger charge is -2.41. The molecule has 1 aliphatic rings. The van der Waals surface area contributed by atoms with Crippen LogP contribution in [0.4, 0.5) is 8.78 Å². The molecule has 7 heteroatoms. The summed E-state index contributed by atoms with van der Waals surface area (Å²) in [5.74, 6) is -0.679. The summed E-state index contributed by atoms with van der Waals surface area (Å²) < 4.78 is 38.3. The van der Waals surface area contributed by atoms with E-state index in [9.17, 15) is 18.7 Å². The zero-order valence-corrected chi connectivity index (χ0v) is 20.0. The van der Waals surface area contributed by atoms with E-state index in [1.165, 1.54) is 31.4 Å². The van der Waals surface area contributed by atoms with Gasteiger partial charge in [-0.2, -0.15) is 0 Å². The van der Waals surface area contributed by atoms with E-state index in [0.717, 1.165) is 0 Å². The van der Waals surface area contributed by atoms with E-state index in [-0.39, 0.29) is 31.2 Å². The van der Waals surface area contributed by atoms with Crippen LogP contribution in [0.5, 0.6) is 5.75 Å². The minimum atomic E-state index is -1.52. The fourth-order valence-electron chi connectivity index (χ4n) is 4.96. The molecule has 0 saturated heterocycles. The van der Waals surface area contributed by atoms with Crippen LogP contribution in [0.25, 0.3) is 0 Å². The van der Waals surface area contributed by atoms with Gasteiger partial charge in [-0.1, -0.05) is 32.0 Å². The molecule has 0 spiro atoms. The predicted octanol–water partition coefficient (Wildman–Crippen LogP) is 4.99. The molecule has 1 heterocycles. The number of carbonyl (C=O) groups excluding carboxylic acids is 1. The molecular weight excluding hydrogens is 452 g/mol. The Morgan fingerprint density at radius 1 is 1.06 bits per heavy atom. The number of esters is 1. The third-order valence-electron chi connectivity index (χ3n) is 6.71. The maximum absolute atomic E-state index is 14.2. The minimum Gasteiger partial charge on any atom is -0.496 e. The molecule has 2 unspecified atom stereocenters. The van der Waals surface area contributed by atoms with E-state index in [1.807, 2.05) is 13.8 Å². The molecule has 0 bridgehead atoms. The summed E-state index contributed by atoms with van der Waals surface area (Å²) in [5.41, 5.74) is 7.55. The molecule has 0 fully saturated rings. The Kier molecular flexibility index (Phi) is 6.66. The number of hydrogen-bond donors (Lipinski definition) is 2. The number of benzene rings is 3. The van der Waals surface area contributed by atoms with Crippen molar-refractivity contribution in [3.63, 3.8) is 0 Å². The zero-order valence-electron chi connectivity index (χ0n) is 20.0. The van der Waals surface area contributed by atoms with Crippen molar-refractivity contribution in [2.75, 3.05) is 7.11 Å². The van der Waals surface area contributed by atoms with Gasteiger partial charge in [-0.05, 0) is 65.4 Å². The first kappa shape index (κ1) is 24.8. The number of halogens is 2. The Morgan fingerprint density at radius 2 is 1.74 bits per heavy atom. The first-order chi connectivity index (χ1) is 16.5. The number of ether oxygens (including phenoxy) is 2. The summed E-state index contributed by atoms with van der Waals surface area (Å²) in [7, 11) is 1.51. The molecule has 0 aromatic heterocycles. The van der Waals surface area contributed by atoms with Crippen LogP contribution in [0.2, 0.25) is 0 Å². The van der Waals surface area contributed by atoms with Crippen LogP contribution in [0, 0.1) is 11.6 Å². The van der Waals surface area contributed by atoms with Crippen molar-refractivity contribution >= 4 is 5.97 Å². The fourth-order valence-corrected chi connectivity index (χ4v) is 4.96. The lowest BCUT2D eigenvalue weighted by atomic mass is 9.69. The van der Waals surface area contributed by atoms with Crippen LogP contribution in [0.3, 0.4) is 0 Å². The molecule has 35 heavy (non-hydrogen) atoms. The van der Waals surface area contributed by atoms with E-state index >= 15 is 0 Å². The molecule has 0 amide bonds. The number of cyclic esters (lactones) is 1. The van der Waals surface area contributed by atoms with E-state index in [4.69, 9.17) is 15.2 Å². The van der Waals surface area contributed by atoms with Gasteiger partial charge in [0.2, 0.25) is 0 Å². The van der Waals surface area contributed by atoms with Crippen LogP contribution in [0.15, 0.2) is 60.7 Å². The summed E-state index contributed by atoms with van der Waals surface area (Å²) in [6.45, 7) is 3.93. The van der Waals surface area contributed by atoms with Gasteiger partial charge in [0.15, 0.2) is 0 Å². The molecule has 3 aromatic rings. The third-order valence-corrected chi connectivity index (χ3v) is 6.71. The highest BCUT2D eigenvalue weighted by Crippen LogP contribution is 2.43. The second-order valence-corrected chi connectivity index (χ2v) is 9.78. The molecule has 3 aromatic carbocycles. The zero-order chi connectivity index (χ0) is 25.4. The number of methoxy groups -OCH3 is 1. The number of hydrogen-bond acceptors (Lipinski definition) is 5. The third kappa shape index (κ3) is 5.06. The van der Waals surface area contributed by atoms with Gasteiger partial charge in [-0.15, -0.1) is 0 Å². The van der Waals surface area contributed by atoms with E-state index in [1.54, 1.807) is 36.4 Å². The number of nitrogens with two attached hydrogens (primary N) is 1. The van der Waals surface area contributed by atoms with Crippen molar-refractivity contribution in [1.82, 2.24) is 0 Å². The van der Waals surface area contributed by atoms with Crippen molar-refractivity contribution in [1.29, 1.82) is 0 Å². The lowest BCUT2D eigenvalue weighted by Crippen LogP contribution is -2.47. The summed E-state index contributed by atoms with van der Waals surface area (Å²) in [6, 6.07) is 14.4. The second-order valence-electron chi connectivity index (χ2n) is 9.78. The van der Waals surface area contributed by atoms with Crippen LogP contribution < -0.4 is 10.5 Å². The summed E-state index contributed by atoms with van der Waals surface area (Å²) >= 11 is 0. The molecule has 0 aliphatic carbocycles. The van der Waals surface area contributed by atoms with Gasteiger partial charge in [0.05, 0.1) is 24.3 Å². The number of aliphatic hydroxyl groups is 1. The summed E-state index contributed by atoms with van der Waals surface area (Å²) in [5, 5.41) is 12.1. The normalized spacial score (nSPS) is 15.8.